The zero-order valence-electron chi connectivity index (χ0n) is 14.2. The maximum atomic E-state index is 13.4. The molecule has 27 heavy (non-hydrogen) atoms. The number of rotatable bonds is 4. The lowest BCUT2D eigenvalue weighted by molar-refractivity contribution is -0.130. The van der Waals surface area contributed by atoms with Crippen LogP contribution >= 0.6 is 38.5 Å². The second kappa shape index (κ2) is 7.46. The van der Waals surface area contributed by atoms with Crippen LogP contribution in [0.15, 0.2) is 41.1 Å². The van der Waals surface area contributed by atoms with Gasteiger partial charge in [0, 0.05) is 51.4 Å². The van der Waals surface area contributed by atoms with E-state index in [1.165, 1.54) is 12.1 Å². The van der Waals surface area contributed by atoms with Gasteiger partial charge >= 0.3 is 0 Å². The smallest absolute Gasteiger partial charge is 0.254 e. The Labute approximate surface area is 178 Å². The number of nitrogens with one attached hydrogen (secondary N) is 1. The molecule has 0 spiro atoms. The topological polar surface area (TPSA) is 62.3 Å². The molecule has 0 radical (unpaired) electrons. The summed E-state index contributed by atoms with van der Waals surface area (Å²) in [6.07, 6.45) is 3.40. The van der Waals surface area contributed by atoms with Crippen molar-refractivity contribution in [3.63, 3.8) is 0 Å². The predicted octanol–water partition coefficient (Wildman–Crippen LogP) is 3.02. The van der Waals surface area contributed by atoms with E-state index in [-0.39, 0.29) is 30.1 Å². The summed E-state index contributed by atoms with van der Waals surface area (Å²) in [5.74, 6) is 0.110. The lowest BCUT2D eigenvalue weighted by atomic mass is 10.1. The van der Waals surface area contributed by atoms with Gasteiger partial charge in [0.25, 0.3) is 5.91 Å². The van der Waals surface area contributed by atoms with Gasteiger partial charge in [0.15, 0.2) is 0 Å². The molecule has 4 rings (SSSR count). The van der Waals surface area contributed by atoms with Crippen molar-refractivity contribution in [2.24, 2.45) is 11.8 Å². The lowest BCUT2D eigenvalue weighted by Gasteiger charge is -2.21. The molecule has 1 aromatic carbocycles. The van der Waals surface area contributed by atoms with Gasteiger partial charge in [0.05, 0.1) is 12.0 Å². The highest BCUT2D eigenvalue weighted by atomic mass is 127. The highest BCUT2D eigenvalue weighted by Crippen LogP contribution is 2.45. The van der Waals surface area contributed by atoms with E-state index in [4.69, 9.17) is 0 Å². The first kappa shape index (κ1) is 18.8. The molecule has 1 N–H and O–H groups in total. The van der Waals surface area contributed by atoms with Crippen molar-refractivity contribution in [1.29, 1.82) is 0 Å². The predicted molar refractivity (Wildman–Crippen MR) is 110 cm³/mol. The zero-order valence-corrected chi connectivity index (χ0v) is 17.9. The number of hydrogen-bond acceptors (Lipinski definition) is 3. The van der Waals surface area contributed by atoms with Crippen LogP contribution in [0.25, 0.3) is 0 Å². The number of hydrogen-bond donors (Lipinski definition) is 1. The summed E-state index contributed by atoms with van der Waals surface area (Å²) in [5.41, 5.74) is 1.23. The molecular formula is C19H16BrFIN3O2. The Morgan fingerprint density at radius 3 is 2.74 bits per heavy atom. The molecule has 3 atom stereocenters. The number of amides is 2. The number of carbonyl (C=O) groups excluding carboxylic acids is 2. The van der Waals surface area contributed by atoms with Gasteiger partial charge in [-0.15, -0.1) is 0 Å². The molecule has 2 fully saturated rings. The fourth-order valence-corrected chi connectivity index (χ4v) is 4.60. The third-order valence-corrected chi connectivity index (χ3v) is 6.92. The number of likely N-dealkylation sites (tertiary alicyclic amines) is 1. The minimum absolute atomic E-state index is 0.0135. The minimum Gasteiger partial charge on any atom is -0.349 e. The van der Waals surface area contributed by atoms with Crippen molar-refractivity contribution >= 4 is 50.3 Å². The Morgan fingerprint density at radius 1 is 1.30 bits per heavy atom. The molecule has 140 valence electrons. The summed E-state index contributed by atoms with van der Waals surface area (Å²) in [6.45, 7) is 1.26. The molecular weight excluding hydrogens is 528 g/mol. The summed E-state index contributed by atoms with van der Waals surface area (Å²) in [4.78, 5) is 30.7. The zero-order chi connectivity index (χ0) is 19.1. The molecule has 1 unspecified atom stereocenters. The number of nitrogens with zero attached hydrogens (tertiary/aromatic N) is 2. The van der Waals surface area contributed by atoms with Gasteiger partial charge in [0.1, 0.15) is 5.82 Å². The molecule has 2 aliphatic rings. The van der Waals surface area contributed by atoms with Crippen molar-refractivity contribution in [3.8, 4) is 0 Å². The number of piperidine rings is 1. The largest absolute Gasteiger partial charge is 0.349 e. The number of halogens is 3. The van der Waals surface area contributed by atoms with Crippen LogP contribution in [0.4, 0.5) is 4.39 Å². The molecule has 0 bridgehead atoms. The lowest BCUT2D eigenvalue weighted by Crippen LogP contribution is -2.38. The van der Waals surface area contributed by atoms with E-state index in [0.717, 1.165) is 8.04 Å². The maximum Gasteiger partial charge on any atom is 0.254 e. The van der Waals surface area contributed by atoms with Gasteiger partial charge in [-0.25, -0.2) is 4.39 Å². The average molecular weight is 544 g/mol. The molecule has 2 heterocycles. The van der Waals surface area contributed by atoms with Crippen LogP contribution < -0.4 is 5.32 Å². The van der Waals surface area contributed by atoms with Gasteiger partial charge in [0.2, 0.25) is 5.91 Å². The van der Waals surface area contributed by atoms with E-state index in [9.17, 15) is 14.0 Å². The van der Waals surface area contributed by atoms with Crippen LogP contribution in [0.5, 0.6) is 0 Å². The summed E-state index contributed by atoms with van der Waals surface area (Å²) in [6, 6.07) is 6.27. The summed E-state index contributed by atoms with van der Waals surface area (Å²) in [5, 5.41) is 3.06. The van der Waals surface area contributed by atoms with Gasteiger partial charge in [-0.3, -0.25) is 14.6 Å². The van der Waals surface area contributed by atoms with Crippen LogP contribution in [0.1, 0.15) is 15.9 Å². The average Bonchev–Trinajstić information content (AvgIpc) is 3.07. The van der Waals surface area contributed by atoms with Gasteiger partial charge in [-0.2, -0.15) is 0 Å². The highest BCUT2D eigenvalue weighted by Gasteiger charge is 2.57. The van der Waals surface area contributed by atoms with E-state index in [0.29, 0.717) is 36.1 Å². The fraction of sp³-hybridized carbons (Fsp3) is 0.316. The first-order chi connectivity index (χ1) is 12.9. The quantitative estimate of drug-likeness (QED) is 0.603. The SMILES string of the molecule is O=C(NC1[C@H]2CN(C(=O)Cc3cc(F)ccc3Br)C[C@@H]12)c1cnccc1I. The van der Waals surface area contributed by atoms with Crippen LogP contribution in [-0.4, -0.2) is 40.8 Å². The summed E-state index contributed by atoms with van der Waals surface area (Å²) in [7, 11) is 0. The molecule has 1 aliphatic carbocycles. The highest BCUT2D eigenvalue weighted by molar-refractivity contribution is 14.1. The van der Waals surface area contributed by atoms with Crippen LogP contribution in [0, 0.1) is 21.2 Å². The number of benzene rings is 1. The van der Waals surface area contributed by atoms with Crippen molar-refractivity contribution < 1.29 is 14.0 Å². The second-order valence-electron chi connectivity index (χ2n) is 6.89. The fourth-order valence-electron chi connectivity index (χ4n) is 3.67. The van der Waals surface area contributed by atoms with E-state index in [1.54, 1.807) is 24.5 Å². The third-order valence-electron chi connectivity index (χ3n) is 5.21. The van der Waals surface area contributed by atoms with Gasteiger partial charge < -0.3 is 10.2 Å². The second-order valence-corrected chi connectivity index (χ2v) is 8.91. The van der Waals surface area contributed by atoms with E-state index in [1.807, 2.05) is 4.90 Å². The summed E-state index contributed by atoms with van der Waals surface area (Å²) < 4.78 is 15.0. The van der Waals surface area contributed by atoms with E-state index < -0.39 is 0 Å². The van der Waals surface area contributed by atoms with Crippen LogP contribution in [0.2, 0.25) is 0 Å². The van der Waals surface area contributed by atoms with Crippen molar-refractivity contribution in [3.05, 3.63) is 61.6 Å². The Morgan fingerprint density at radius 2 is 2.04 bits per heavy atom. The monoisotopic (exact) mass is 543 g/mol. The van der Waals surface area contributed by atoms with E-state index in [2.05, 4.69) is 48.8 Å². The first-order valence-electron chi connectivity index (χ1n) is 8.56. The molecule has 1 saturated heterocycles. The molecule has 1 saturated carbocycles. The van der Waals surface area contributed by atoms with Gasteiger partial charge in [-0.1, -0.05) is 15.9 Å². The molecule has 5 nitrogen and oxygen atoms in total. The van der Waals surface area contributed by atoms with Gasteiger partial charge in [-0.05, 0) is 52.4 Å². The Hall–Kier alpha value is -1.55. The molecule has 1 aliphatic heterocycles. The molecule has 1 aromatic heterocycles. The first-order valence-corrected chi connectivity index (χ1v) is 10.4. The minimum atomic E-state index is -0.349. The number of carbonyl (C=O) groups is 2. The summed E-state index contributed by atoms with van der Waals surface area (Å²) >= 11 is 5.48. The normalized spacial score (nSPS) is 23.1. The molecule has 2 aromatic rings. The third kappa shape index (κ3) is 3.87. The maximum absolute atomic E-state index is 13.4. The van der Waals surface area contributed by atoms with Crippen molar-refractivity contribution in [2.45, 2.75) is 12.5 Å². The molecule has 8 heteroatoms. The number of aromatic nitrogens is 1. The van der Waals surface area contributed by atoms with Crippen molar-refractivity contribution in [1.82, 2.24) is 15.2 Å². The molecule has 2 amide bonds. The number of fused-ring (bicyclic) bond motifs is 1. The Balaban J connectivity index is 1.32. The van der Waals surface area contributed by atoms with E-state index >= 15 is 0 Å². The standard InChI is InChI=1S/C19H16BrFIN3O2/c20-15-2-1-11(21)5-10(15)6-17(26)25-8-13-14(9-25)18(13)24-19(27)12-7-23-4-3-16(12)22/h1-5,7,13-14,18H,6,8-9H2,(H,24,27)/t13-,14+,18?. The number of pyridine rings is 1. The van der Waals surface area contributed by atoms with Crippen LogP contribution in [0.3, 0.4) is 0 Å². The Bertz CT molecular complexity index is 914. The Kier molecular flexibility index (Phi) is 5.19. The van der Waals surface area contributed by atoms with Crippen molar-refractivity contribution in [2.75, 3.05) is 13.1 Å². The van der Waals surface area contributed by atoms with Crippen LogP contribution in [-0.2, 0) is 11.2 Å².